The van der Waals surface area contributed by atoms with Gasteiger partial charge in [0.2, 0.25) is 5.88 Å². The quantitative estimate of drug-likeness (QED) is 0.701. The summed E-state index contributed by atoms with van der Waals surface area (Å²) in [6.07, 6.45) is 1.63. The summed E-state index contributed by atoms with van der Waals surface area (Å²) in [5.74, 6) is 0.137. The number of carboxylic acids is 1. The zero-order chi connectivity index (χ0) is 18.5. The zero-order valence-corrected chi connectivity index (χ0v) is 14.9. The van der Waals surface area contributed by atoms with Gasteiger partial charge >= 0.3 is 5.97 Å². The van der Waals surface area contributed by atoms with Crippen molar-refractivity contribution in [3.8, 4) is 17.3 Å². The molecule has 5 nitrogen and oxygen atoms in total. The third-order valence-corrected chi connectivity index (χ3v) is 4.11. The van der Waals surface area contributed by atoms with Gasteiger partial charge in [-0.2, -0.15) is 4.98 Å². The van der Waals surface area contributed by atoms with E-state index in [4.69, 9.17) is 21.4 Å². The number of ether oxygens (including phenoxy) is 1. The second-order valence-electron chi connectivity index (χ2n) is 5.85. The van der Waals surface area contributed by atoms with Crippen LogP contribution >= 0.6 is 11.6 Å². The third kappa shape index (κ3) is 4.58. The number of carboxylic acid groups (broad SMARTS) is 1. The van der Waals surface area contributed by atoms with E-state index in [-0.39, 0.29) is 6.42 Å². The lowest BCUT2D eigenvalue weighted by molar-refractivity contribution is -0.136. The van der Waals surface area contributed by atoms with Crippen molar-refractivity contribution in [2.75, 3.05) is 0 Å². The van der Waals surface area contributed by atoms with Crippen molar-refractivity contribution in [1.82, 2.24) is 9.97 Å². The highest BCUT2D eigenvalue weighted by atomic mass is 35.5. The summed E-state index contributed by atoms with van der Waals surface area (Å²) in [6.45, 7) is 2.37. The molecular formula is C20H17ClN2O3. The third-order valence-electron chi connectivity index (χ3n) is 3.88. The molecule has 26 heavy (non-hydrogen) atoms. The Kier molecular flexibility index (Phi) is 5.49. The van der Waals surface area contributed by atoms with Gasteiger partial charge in [0, 0.05) is 22.8 Å². The van der Waals surface area contributed by atoms with Gasteiger partial charge in [-0.05, 0) is 35.7 Å². The first-order valence-electron chi connectivity index (χ1n) is 8.03. The van der Waals surface area contributed by atoms with Gasteiger partial charge < -0.3 is 9.84 Å². The number of nitrogens with zero attached hydrogens (tertiary/aromatic N) is 2. The van der Waals surface area contributed by atoms with Crippen LogP contribution in [-0.2, 0) is 17.8 Å². The second-order valence-corrected chi connectivity index (χ2v) is 6.28. The highest BCUT2D eigenvalue weighted by Gasteiger charge is 2.07. The Morgan fingerprint density at radius 3 is 2.62 bits per heavy atom. The summed E-state index contributed by atoms with van der Waals surface area (Å²) in [5, 5.41) is 9.52. The minimum absolute atomic E-state index is 0.00920. The van der Waals surface area contributed by atoms with Gasteiger partial charge in [0.15, 0.2) is 5.82 Å². The van der Waals surface area contributed by atoms with E-state index in [9.17, 15) is 4.79 Å². The van der Waals surface area contributed by atoms with Crippen LogP contribution in [0, 0.1) is 6.92 Å². The van der Waals surface area contributed by atoms with Crippen molar-refractivity contribution in [1.29, 1.82) is 0 Å². The molecule has 132 valence electrons. The summed E-state index contributed by atoms with van der Waals surface area (Å²) in [6, 6.07) is 14.5. The van der Waals surface area contributed by atoms with Gasteiger partial charge in [0.05, 0.1) is 6.42 Å². The predicted molar refractivity (Wildman–Crippen MR) is 99.3 cm³/mol. The van der Waals surface area contributed by atoms with Crippen LogP contribution in [0.3, 0.4) is 0 Å². The van der Waals surface area contributed by atoms with Gasteiger partial charge in [0.25, 0.3) is 0 Å². The maximum absolute atomic E-state index is 10.8. The molecule has 0 aliphatic heterocycles. The van der Waals surface area contributed by atoms with Crippen molar-refractivity contribution in [2.45, 2.75) is 20.0 Å². The Hall–Kier alpha value is -2.92. The number of rotatable bonds is 6. The molecule has 0 radical (unpaired) electrons. The molecule has 6 heteroatoms. The number of aliphatic carboxylic acids is 1. The average Bonchev–Trinajstić information content (AvgIpc) is 2.61. The summed E-state index contributed by atoms with van der Waals surface area (Å²) in [7, 11) is 0. The van der Waals surface area contributed by atoms with Gasteiger partial charge in [-0.25, -0.2) is 4.98 Å². The lowest BCUT2D eigenvalue weighted by atomic mass is 10.1. The first-order valence-corrected chi connectivity index (χ1v) is 8.41. The summed E-state index contributed by atoms with van der Waals surface area (Å²) >= 11 is 5.97. The molecule has 3 rings (SSSR count). The monoisotopic (exact) mass is 368 g/mol. The van der Waals surface area contributed by atoms with Crippen molar-refractivity contribution in [3.05, 3.63) is 76.4 Å². The van der Waals surface area contributed by atoms with E-state index >= 15 is 0 Å². The lowest BCUT2D eigenvalue weighted by Gasteiger charge is -2.09. The number of aryl methyl sites for hydroxylation is 1. The molecule has 3 aromatic rings. The van der Waals surface area contributed by atoms with Crippen molar-refractivity contribution >= 4 is 17.6 Å². The Morgan fingerprint density at radius 1 is 1.15 bits per heavy atom. The van der Waals surface area contributed by atoms with Crippen LogP contribution in [0.4, 0.5) is 0 Å². The molecule has 0 saturated heterocycles. The molecule has 2 aromatic carbocycles. The van der Waals surface area contributed by atoms with E-state index in [1.54, 1.807) is 36.5 Å². The molecule has 0 bridgehead atoms. The van der Waals surface area contributed by atoms with Gasteiger partial charge in [0.1, 0.15) is 6.61 Å². The summed E-state index contributed by atoms with van der Waals surface area (Å²) < 4.78 is 5.78. The molecule has 0 unspecified atom stereocenters. The topological polar surface area (TPSA) is 72.3 Å². The molecule has 1 N–H and O–H groups in total. The van der Waals surface area contributed by atoms with Crippen molar-refractivity contribution in [2.24, 2.45) is 0 Å². The zero-order valence-electron chi connectivity index (χ0n) is 14.1. The minimum Gasteiger partial charge on any atom is -0.481 e. The number of benzene rings is 2. The molecule has 0 spiro atoms. The van der Waals surface area contributed by atoms with E-state index in [0.717, 1.165) is 22.3 Å². The highest BCUT2D eigenvalue weighted by molar-refractivity contribution is 6.30. The van der Waals surface area contributed by atoms with E-state index in [1.165, 1.54) is 0 Å². The Balaban J connectivity index is 1.72. The van der Waals surface area contributed by atoms with Crippen LogP contribution in [0.5, 0.6) is 5.88 Å². The molecular weight excluding hydrogens is 352 g/mol. The van der Waals surface area contributed by atoms with Gasteiger partial charge in [-0.3, -0.25) is 4.79 Å². The van der Waals surface area contributed by atoms with E-state index in [0.29, 0.717) is 23.3 Å². The van der Waals surface area contributed by atoms with Crippen LogP contribution < -0.4 is 4.74 Å². The number of hydrogen-bond donors (Lipinski definition) is 1. The van der Waals surface area contributed by atoms with Gasteiger partial charge in [-0.15, -0.1) is 0 Å². The van der Waals surface area contributed by atoms with E-state index in [2.05, 4.69) is 9.97 Å². The van der Waals surface area contributed by atoms with Crippen LogP contribution in [-0.4, -0.2) is 21.0 Å². The highest BCUT2D eigenvalue weighted by Crippen LogP contribution is 2.20. The smallest absolute Gasteiger partial charge is 0.307 e. The normalized spacial score (nSPS) is 10.5. The van der Waals surface area contributed by atoms with Crippen LogP contribution in [0.15, 0.2) is 54.7 Å². The first kappa shape index (κ1) is 17.9. The van der Waals surface area contributed by atoms with E-state index in [1.807, 2.05) is 25.1 Å². The SMILES string of the molecule is Cc1cc(Cl)ccc1COc1ccnc(-c2ccc(CC(=O)O)cc2)n1. The Bertz CT molecular complexity index is 927. The average molecular weight is 369 g/mol. The maximum atomic E-state index is 10.8. The number of hydrogen-bond acceptors (Lipinski definition) is 4. The fourth-order valence-corrected chi connectivity index (χ4v) is 2.71. The first-order chi connectivity index (χ1) is 12.5. The fourth-order valence-electron chi connectivity index (χ4n) is 2.48. The molecule has 0 atom stereocenters. The number of aromatic nitrogens is 2. The van der Waals surface area contributed by atoms with Crippen LogP contribution in [0.1, 0.15) is 16.7 Å². The minimum atomic E-state index is -0.859. The molecule has 1 heterocycles. The van der Waals surface area contributed by atoms with Gasteiger partial charge in [-0.1, -0.05) is 41.9 Å². The Morgan fingerprint density at radius 2 is 1.92 bits per heavy atom. The summed E-state index contributed by atoms with van der Waals surface area (Å²) in [4.78, 5) is 19.4. The largest absolute Gasteiger partial charge is 0.481 e. The predicted octanol–water partition coefficient (Wildman–Crippen LogP) is 4.31. The second kappa shape index (κ2) is 7.97. The summed E-state index contributed by atoms with van der Waals surface area (Å²) in [5.41, 5.74) is 3.62. The molecule has 0 fully saturated rings. The molecule has 0 amide bonds. The molecule has 0 aliphatic carbocycles. The van der Waals surface area contributed by atoms with Crippen LogP contribution in [0.2, 0.25) is 5.02 Å². The standard InChI is InChI=1S/C20H17ClN2O3/c1-13-10-17(21)7-6-16(13)12-26-18-8-9-22-20(23-18)15-4-2-14(3-5-15)11-19(24)25/h2-10H,11-12H2,1H3,(H,24,25). The molecule has 0 aliphatic rings. The lowest BCUT2D eigenvalue weighted by Crippen LogP contribution is -2.01. The van der Waals surface area contributed by atoms with Crippen molar-refractivity contribution in [3.63, 3.8) is 0 Å². The maximum Gasteiger partial charge on any atom is 0.307 e. The fraction of sp³-hybridized carbons (Fsp3) is 0.150. The van der Waals surface area contributed by atoms with Crippen molar-refractivity contribution < 1.29 is 14.6 Å². The van der Waals surface area contributed by atoms with E-state index < -0.39 is 5.97 Å². The Labute approximate surface area is 156 Å². The number of halogens is 1. The number of carbonyl (C=O) groups is 1. The molecule has 1 aromatic heterocycles. The molecule has 0 saturated carbocycles. The van der Waals surface area contributed by atoms with Crippen LogP contribution in [0.25, 0.3) is 11.4 Å².